The van der Waals surface area contributed by atoms with Gasteiger partial charge in [-0.25, -0.2) is 9.59 Å². The maximum atomic E-state index is 13.2. The summed E-state index contributed by atoms with van der Waals surface area (Å²) in [5.41, 5.74) is 0. The molecule has 230 valence electrons. The van der Waals surface area contributed by atoms with Crippen molar-refractivity contribution in [3.05, 3.63) is 36.5 Å². The van der Waals surface area contributed by atoms with Gasteiger partial charge in [0.15, 0.2) is 0 Å². The zero-order chi connectivity index (χ0) is 28.7. The van der Waals surface area contributed by atoms with Crippen molar-refractivity contribution >= 4 is 12.1 Å². The molecule has 0 radical (unpaired) electrons. The lowest BCUT2D eigenvalue weighted by Crippen LogP contribution is -2.49. The molecule has 0 N–H and O–H groups in total. The van der Waals surface area contributed by atoms with E-state index in [4.69, 9.17) is 14.2 Å². The van der Waals surface area contributed by atoms with Crippen LogP contribution in [0.1, 0.15) is 110 Å². The summed E-state index contributed by atoms with van der Waals surface area (Å²) in [6.45, 7) is 5.96. The molecule has 3 saturated heterocycles. The van der Waals surface area contributed by atoms with E-state index < -0.39 is 12.1 Å². The highest BCUT2D eigenvalue weighted by molar-refractivity contribution is 5.79. The number of likely N-dealkylation sites (tertiary alicyclic amines) is 2. The zero-order valence-corrected chi connectivity index (χ0v) is 25.4. The van der Waals surface area contributed by atoms with Gasteiger partial charge in [0.25, 0.3) is 0 Å². The molecule has 4 aliphatic heterocycles. The monoisotopic (exact) mass is 570 g/mol. The average Bonchev–Trinajstić information content (AvgIpc) is 3.75. The van der Waals surface area contributed by atoms with Gasteiger partial charge in [0, 0.05) is 25.6 Å². The van der Waals surface area contributed by atoms with E-state index in [0.29, 0.717) is 44.2 Å². The van der Waals surface area contributed by atoms with E-state index in [0.717, 1.165) is 51.4 Å². The minimum absolute atomic E-state index is 0.373. The quantitative estimate of drug-likeness (QED) is 0.121. The molecule has 7 heteroatoms. The predicted molar refractivity (Wildman–Crippen MR) is 163 cm³/mol. The van der Waals surface area contributed by atoms with E-state index in [1.54, 1.807) is 4.90 Å². The highest BCUT2D eigenvalue weighted by Gasteiger charge is 2.36. The lowest BCUT2D eigenvalue weighted by atomic mass is 10.0. The molecule has 0 bridgehead atoms. The number of esters is 1. The molecule has 4 unspecified atom stereocenters. The van der Waals surface area contributed by atoms with Crippen LogP contribution < -0.4 is 0 Å². The van der Waals surface area contributed by atoms with Gasteiger partial charge in [-0.1, -0.05) is 63.0 Å². The van der Waals surface area contributed by atoms with Crippen LogP contribution in [0.25, 0.3) is 0 Å². The summed E-state index contributed by atoms with van der Waals surface area (Å²) in [6, 6.07) is 0.560. The van der Waals surface area contributed by atoms with Gasteiger partial charge < -0.3 is 24.0 Å². The Morgan fingerprint density at radius 2 is 1.73 bits per heavy atom. The van der Waals surface area contributed by atoms with Crippen molar-refractivity contribution in [2.24, 2.45) is 0 Å². The van der Waals surface area contributed by atoms with Crippen molar-refractivity contribution in [2.45, 2.75) is 140 Å². The number of carbonyl (C=O) groups excluding carboxylic acids is 2. The maximum absolute atomic E-state index is 13.2. The van der Waals surface area contributed by atoms with Gasteiger partial charge in [-0.2, -0.15) is 0 Å². The van der Waals surface area contributed by atoms with Gasteiger partial charge in [0.2, 0.25) is 6.10 Å². The first kappa shape index (κ1) is 31.8. The van der Waals surface area contributed by atoms with E-state index in [-0.39, 0.29) is 12.2 Å². The van der Waals surface area contributed by atoms with Crippen molar-refractivity contribution in [2.75, 3.05) is 26.2 Å². The molecule has 41 heavy (non-hydrogen) atoms. The zero-order valence-electron chi connectivity index (χ0n) is 25.4. The van der Waals surface area contributed by atoms with Gasteiger partial charge in [0.05, 0.1) is 12.2 Å². The second-order valence-electron chi connectivity index (χ2n) is 12.3. The molecule has 4 heterocycles. The molecule has 4 atom stereocenters. The van der Waals surface area contributed by atoms with E-state index >= 15 is 0 Å². The Balaban J connectivity index is 1.24. The molecule has 0 aliphatic carbocycles. The van der Waals surface area contributed by atoms with Crippen molar-refractivity contribution in [1.82, 2.24) is 9.80 Å². The third-order valence-electron chi connectivity index (χ3n) is 9.00. The Morgan fingerprint density at radius 3 is 2.54 bits per heavy atom. The molecular formula is C34H54N2O5. The number of nitrogens with zero attached hydrogens (tertiary/aromatic N) is 2. The number of piperidine rings is 2. The van der Waals surface area contributed by atoms with Gasteiger partial charge in [-0.3, -0.25) is 0 Å². The first-order valence-corrected chi connectivity index (χ1v) is 16.7. The lowest BCUT2D eigenvalue weighted by molar-refractivity contribution is -0.158. The van der Waals surface area contributed by atoms with Crippen LogP contribution in [-0.2, 0) is 19.0 Å². The smallest absolute Gasteiger partial charge is 0.410 e. The van der Waals surface area contributed by atoms with Crippen LogP contribution in [0.5, 0.6) is 0 Å². The van der Waals surface area contributed by atoms with Gasteiger partial charge >= 0.3 is 12.1 Å². The third-order valence-corrected chi connectivity index (χ3v) is 9.00. The van der Waals surface area contributed by atoms with Crippen LogP contribution >= 0.6 is 0 Å². The Labute approximate surface area is 248 Å². The molecule has 4 aliphatic rings. The van der Waals surface area contributed by atoms with Crippen LogP contribution in [0.15, 0.2) is 36.5 Å². The van der Waals surface area contributed by atoms with Crippen LogP contribution in [0.2, 0.25) is 0 Å². The molecule has 3 fully saturated rings. The van der Waals surface area contributed by atoms with Crippen LogP contribution in [0, 0.1) is 0 Å². The van der Waals surface area contributed by atoms with Crippen LogP contribution in [0.4, 0.5) is 4.79 Å². The fourth-order valence-corrected chi connectivity index (χ4v) is 6.34. The molecule has 7 nitrogen and oxygen atoms in total. The number of unbranched alkanes of at least 4 members (excludes halogenated alkanes) is 1. The standard InChI is InChI=1S/C34H54N2O5/c1-2-3-19-30-31(40-30)20-13-9-8-12-18-29-17-11-6-4-5-7-14-21-32(33(37)39-29)41-34(38)36-26-22-28(23-27-36)35-24-15-10-16-25-35/h6,8-9,11-12,18,28-32H,2-5,7,10,13-17,19-27H2,1H3. The molecule has 0 spiro atoms. The first-order valence-electron chi connectivity index (χ1n) is 16.7. The lowest BCUT2D eigenvalue weighted by Gasteiger charge is -2.40. The van der Waals surface area contributed by atoms with Crippen LogP contribution in [-0.4, -0.2) is 78.5 Å². The van der Waals surface area contributed by atoms with Crippen molar-refractivity contribution in [1.29, 1.82) is 0 Å². The number of allylic oxidation sites excluding steroid dienone is 4. The number of carbonyl (C=O) groups is 2. The fraction of sp³-hybridized carbons (Fsp3) is 0.765. The number of cyclic esters (lactones) is 1. The number of ether oxygens (including phenoxy) is 3. The van der Waals surface area contributed by atoms with E-state index in [9.17, 15) is 9.59 Å². The first-order chi connectivity index (χ1) is 20.1. The highest BCUT2D eigenvalue weighted by atomic mass is 16.6. The Hall–Kier alpha value is -2.12. The fourth-order valence-electron chi connectivity index (χ4n) is 6.34. The molecule has 0 saturated carbocycles. The molecule has 0 aromatic carbocycles. The molecule has 1 amide bonds. The number of hydrogen-bond donors (Lipinski definition) is 0. The number of rotatable bonds is 10. The SMILES string of the molecule is CCCCC1OC1CCC=CC=CC1CC=CCCCCCC(OC(=O)N2CCC(N3CCCCC3)CC2)C(=O)O1. The van der Waals surface area contributed by atoms with Gasteiger partial charge in [-0.15, -0.1) is 0 Å². The van der Waals surface area contributed by atoms with Gasteiger partial charge in [-0.05, 0) is 89.8 Å². The number of amides is 1. The summed E-state index contributed by atoms with van der Waals surface area (Å²) >= 11 is 0. The Bertz CT molecular complexity index is 872. The summed E-state index contributed by atoms with van der Waals surface area (Å²) in [4.78, 5) is 30.7. The Morgan fingerprint density at radius 1 is 0.951 bits per heavy atom. The molecular weight excluding hydrogens is 516 g/mol. The minimum Gasteiger partial charge on any atom is -0.455 e. The summed E-state index contributed by atoms with van der Waals surface area (Å²) < 4.78 is 17.5. The molecule has 0 aromatic rings. The Kier molecular flexibility index (Phi) is 13.8. The second-order valence-corrected chi connectivity index (χ2v) is 12.3. The summed E-state index contributed by atoms with van der Waals surface area (Å²) in [7, 11) is 0. The van der Waals surface area contributed by atoms with Gasteiger partial charge in [0.1, 0.15) is 6.10 Å². The molecule has 0 aromatic heterocycles. The van der Waals surface area contributed by atoms with E-state index in [2.05, 4.69) is 30.1 Å². The van der Waals surface area contributed by atoms with E-state index in [1.807, 2.05) is 18.2 Å². The van der Waals surface area contributed by atoms with Crippen LogP contribution in [0.3, 0.4) is 0 Å². The maximum Gasteiger partial charge on any atom is 0.410 e. The topological polar surface area (TPSA) is 71.6 Å². The summed E-state index contributed by atoms with van der Waals surface area (Å²) in [5.74, 6) is -0.432. The second kappa shape index (κ2) is 17.7. The molecule has 4 rings (SSSR count). The van der Waals surface area contributed by atoms with Crippen molar-refractivity contribution < 1.29 is 23.8 Å². The minimum atomic E-state index is -0.851. The highest BCUT2D eigenvalue weighted by Crippen LogP contribution is 2.31. The summed E-state index contributed by atoms with van der Waals surface area (Å²) in [6.07, 6.45) is 28.3. The largest absolute Gasteiger partial charge is 0.455 e. The predicted octanol–water partition coefficient (Wildman–Crippen LogP) is 7.11. The van der Waals surface area contributed by atoms with E-state index in [1.165, 1.54) is 51.6 Å². The summed E-state index contributed by atoms with van der Waals surface area (Å²) in [5, 5.41) is 0. The third kappa shape index (κ3) is 11.2. The normalized spacial score (nSPS) is 29.3. The van der Waals surface area contributed by atoms with Crippen molar-refractivity contribution in [3.63, 3.8) is 0 Å². The number of epoxide rings is 1. The number of hydrogen-bond acceptors (Lipinski definition) is 6. The van der Waals surface area contributed by atoms with Crippen molar-refractivity contribution in [3.8, 4) is 0 Å². The average molecular weight is 571 g/mol.